The van der Waals surface area contributed by atoms with E-state index in [0.29, 0.717) is 5.75 Å². The van der Waals surface area contributed by atoms with E-state index in [-0.39, 0.29) is 17.7 Å². The van der Waals surface area contributed by atoms with Crippen LogP contribution in [0, 0.1) is 0 Å². The first-order chi connectivity index (χ1) is 7.15. The molecule has 15 heavy (non-hydrogen) atoms. The topological polar surface area (TPSA) is 54.8 Å². The van der Waals surface area contributed by atoms with Crippen molar-refractivity contribution >= 4 is 24.2 Å². The molecule has 0 bridgehead atoms. The summed E-state index contributed by atoms with van der Waals surface area (Å²) in [6.45, 7) is 3.06. The molecule has 0 aliphatic rings. The van der Waals surface area contributed by atoms with E-state index in [4.69, 9.17) is 16.3 Å². The number of rotatable bonds is 4. The largest absolute Gasteiger partial charge is 0.480 e. The number of nitrogens with zero attached hydrogens (tertiary/aromatic N) is 3. The van der Waals surface area contributed by atoms with Crippen molar-refractivity contribution in [2.24, 2.45) is 5.10 Å². The molecule has 0 saturated heterocycles. The highest BCUT2D eigenvalue weighted by Crippen LogP contribution is 2.19. The Morgan fingerprint density at radius 3 is 3.13 bits per heavy atom. The second kappa shape index (κ2) is 5.31. The fourth-order valence-electron chi connectivity index (χ4n) is 0.791. The number of amides is 1. The number of hydrogen-bond acceptors (Lipinski definition) is 4. The summed E-state index contributed by atoms with van der Waals surface area (Å²) in [7, 11) is 1.49. The van der Waals surface area contributed by atoms with Crippen molar-refractivity contribution in [1.82, 2.24) is 9.99 Å². The Hall–Kier alpha value is -1.62. The van der Waals surface area contributed by atoms with E-state index in [2.05, 4.69) is 16.8 Å². The number of pyridine rings is 1. The van der Waals surface area contributed by atoms with Crippen LogP contribution in [0.1, 0.15) is 0 Å². The van der Waals surface area contributed by atoms with Crippen molar-refractivity contribution in [2.45, 2.75) is 0 Å². The average molecular weight is 228 g/mol. The van der Waals surface area contributed by atoms with Crippen molar-refractivity contribution < 1.29 is 9.53 Å². The molecule has 1 aromatic rings. The van der Waals surface area contributed by atoms with Crippen molar-refractivity contribution in [1.29, 1.82) is 0 Å². The summed E-state index contributed by atoms with van der Waals surface area (Å²) >= 11 is 5.72. The molecule has 6 heteroatoms. The Balaban J connectivity index is 2.54. The molecule has 0 aliphatic carbocycles. The van der Waals surface area contributed by atoms with Crippen LogP contribution in [-0.2, 0) is 4.79 Å². The van der Waals surface area contributed by atoms with Crippen LogP contribution in [0.5, 0.6) is 5.75 Å². The molecule has 1 heterocycles. The van der Waals surface area contributed by atoms with E-state index in [9.17, 15) is 4.79 Å². The summed E-state index contributed by atoms with van der Waals surface area (Å²) in [4.78, 5) is 15.1. The summed E-state index contributed by atoms with van der Waals surface area (Å²) in [5.74, 6) is 0.0508. The molecule has 0 aromatic carbocycles. The third-order valence-corrected chi connectivity index (χ3v) is 1.93. The van der Waals surface area contributed by atoms with Gasteiger partial charge in [-0.2, -0.15) is 5.10 Å². The van der Waals surface area contributed by atoms with E-state index in [1.54, 1.807) is 12.1 Å². The maximum absolute atomic E-state index is 11.3. The van der Waals surface area contributed by atoms with Crippen LogP contribution in [0.4, 0.5) is 0 Å². The zero-order valence-electron chi connectivity index (χ0n) is 8.18. The van der Waals surface area contributed by atoms with Gasteiger partial charge in [-0.15, -0.1) is 0 Å². The highest BCUT2D eigenvalue weighted by molar-refractivity contribution is 6.30. The van der Waals surface area contributed by atoms with E-state index < -0.39 is 0 Å². The predicted molar refractivity (Wildman–Crippen MR) is 57.1 cm³/mol. The molecule has 1 rings (SSSR count). The molecular formula is C9H10ClN3O2. The monoisotopic (exact) mass is 227 g/mol. The SMILES string of the molecule is C=NN(C)C(=O)COc1cccnc1Cl. The van der Waals surface area contributed by atoms with Crippen molar-refractivity contribution in [2.75, 3.05) is 13.7 Å². The second-order valence-corrected chi connectivity index (χ2v) is 3.00. The van der Waals surface area contributed by atoms with Crippen LogP contribution in [0.15, 0.2) is 23.4 Å². The lowest BCUT2D eigenvalue weighted by Crippen LogP contribution is -2.26. The minimum atomic E-state index is -0.315. The maximum atomic E-state index is 11.3. The number of ether oxygens (including phenoxy) is 1. The van der Waals surface area contributed by atoms with Gasteiger partial charge in [0.1, 0.15) is 0 Å². The molecule has 80 valence electrons. The molecule has 0 atom stereocenters. The molecule has 5 nitrogen and oxygen atoms in total. The van der Waals surface area contributed by atoms with Gasteiger partial charge in [-0.3, -0.25) is 4.79 Å². The van der Waals surface area contributed by atoms with Crippen molar-refractivity contribution in [3.8, 4) is 5.75 Å². The summed E-state index contributed by atoms with van der Waals surface area (Å²) < 4.78 is 5.15. The predicted octanol–water partition coefficient (Wildman–Crippen LogP) is 1.19. The van der Waals surface area contributed by atoms with E-state index in [1.807, 2.05) is 0 Å². The van der Waals surface area contributed by atoms with Gasteiger partial charge < -0.3 is 4.74 Å². The smallest absolute Gasteiger partial charge is 0.280 e. The van der Waals surface area contributed by atoms with Crippen LogP contribution in [0.25, 0.3) is 0 Å². The van der Waals surface area contributed by atoms with Gasteiger partial charge in [0.05, 0.1) is 0 Å². The minimum Gasteiger partial charge on any atom is -0.480 e. The average Bonchev–Trinajstić information content (AvgIpc) is 2.26. The number of hydrazone groups is 1. The van der Waals surface area contributed by atoms with Gasteiger partial charge in [-0.05, 0) is 12.1 Å². The van der Waals surface area contributed by atoms with Crippen LogP contribution >= 0.6 is 11.6 Å². The lowest BCUT2D eigenvalue weighted by Gasteiger charge is -2.11. The summed E-state index contributed by atoms with van der Waals surface area (Å²) in [5.41, 5.74) is 0. The van der Waals surface area contributed by atoms with Gasteiger partial charge in [0.2, 0.25) is 0 Å². The fraction of sp³-hybridized carbons (Fsp3) is 0.222. The van der Waals surface area contributed by atoms with Crippen molar-refractivity contribution in [3.05, 3.63) is 23.5 Å². The van der Waals surface area contributed by atoms with Gasteiger partial charge in [0.25, 0.3) is 5.91 Å². The summed E-state index contributed by atoms with van der Waals surface area (Å²) in [6, 6.07) is 3.30. The fourth-order valence-corrected chi connectivity index (χ4v) is 0.965. The molecule has 0 fully saturated rings. The molecule has 0 radical (unpaired) electrons. The molecule has 0 aliphatic heterocycles. The zero-order chi connectivity index (χ0) is 11.3. The third kappa shape index (κ3) is 3.21. The Labute approximate surface area is 92.3 Å². The lowest BCUT2D eigenvalue weighted by atomic mass is 10.4. The first-order valence-corrected chi connectivity index (χ1v) is 4.49. The quantitative estimate of drug-likeness (QED) is 0.441. The number of halogens is 1. The molecule has 0 saturated carbocycles. The molecule has 1 amide bonds. The normalized spacial score (nSPS) is 9.47. The number of hydrogen-bond donors (Lipinski definition) is 0. The van der Waals surface area contributed by atoms with E-state index >= 15 is 0 Å². The zero-order valence-corrected chi connectivity index (χ0v) is 8.94. The lowest BCUT2D eigenvalue weighted by molar-refractivity contribution is -0.132. The summed E-state index contributed by atoms with van der Waals surface area (Å²) in [6.07, 6.45) is 1.54. The van der Waals surface area contributed by atoms with Crippen LogP contribution in [0.3, 0.4) is 0 Å². The summed E-state index contributed by atoms with van der Waals surface area (Å²) in [5, 5.41) is 4.74. The Kier molecular flexibility index (Phi) is 4.05. The standard InChI is InChI=1S/C9H10ClN3O2/c1-11-13(2)8(14)6-15-7-4-3-5-12-9(7)10/h3-5H,1,6H2,2H3. The highest BCUT2D eigenvalue weighted by Gasteiger charge is 2.09. The number of aromatic nitrogens is 1. The number of carbonyl (C=O) groups excluding carboxylic acids is 1. The molecule has 0 unspecified atom stereocenters. The third-order valence-electron chi connectivity index (χ3n) is 1.65. The van der Waals surface area contributed by atoms with Crippen molar-refractivity contribution in [3.63, 3.8) is 0 Å². The Morgan fingerprint density at radius 1 is 1.80 bits per heavy atom. The molecule has 1 aromatic heterocycles. The number of carbonyl (C=O) groups is 1. The van der Waals surface area contributed by atoms with Crippen LogP contribution < -0.4 is 4.74 Å². The van der Waals surface area contributed by atoms with Gasteiger partial charge >= 0.3 is 0 Å². The van der Waals surface area contributed by atoms with Gasteiger partial charge in [0.15, 0.2) is 17.5 Å². The first kappa shape index (κ1) is 11.5. The molecular weight excluding hydrogens is 218 g/mol. The van der Waals surface area contributed by atoms with Crippen LogP contribution in [-0.4, -0.2) is 36.3 Å². The van der Waals surface area contributed by atoms with Gasteiger partial charge in [-0.25, -0.2) is 9.99 Å². The Morgan fingerprint density at radius 2 is 2.53 bits per heavy atom. The van der Waals surface area contributed by atoms with E-state index in [0.717, 1.165) is 5.01 Å². The Bertz CT molecular complexity index is 370. The molecule has 0 N–H and O–H groups in total. The first-order valence-electron chi connectivity index (χ1n) is 4.11. The maximum Gasteiger partial charge on any atom is 0.280 e. The van der Waals surface area contributed by atoms with E-state index in [1.165, 1.54) is 13.2 Å². The molecule has 0 spiro atoms. The second-order valence-electron chi connectivity index (χ2n) is 2.64. The van der Waals surface area contributed by atoms with Gasteiger partial charge in [0, 0.05) is 20.0 Å². The van der Waals surface area contributed by atoms with Gasteiger partial charge in [-0.1, -0.05) is 11.6 Å². The minimum absolute atomic E-state index is 0.152. The van der Waals surface area contributed by atoms with Crippen LogP contribution in [0.2, 0.25) is 5.15 Å². The highest BCUT2D eigenvalue weighted by atomic mass is 35.5. The number of likely N-dealkylation sites (N-methyl/N-ethyl adjacent to an activating group) is 1.